The summed E-state index contributed by atoms with van der Waals surface area (Å²) >= 11 is 0. The maximum Gasteiger partial charge on any atom is 0.254 e. The fourth-order valence-corrected chi connectivity index (χ4v) is 1.54. The number of carbonyl (C=O) groups excluding carboxylic acids is 1. The van der Waals surface area contributed by atoms with Gasteiger partial charge in [-0.1, -0.05) is 0 Å². The van der Waals surface area contributed by atoms with E-state index in [1.54, 1.807) is 25.5 Å². The molecular formula is C10H14N2O3. The third kappa shape index (κ3) is 1.60. The summed E-state index contributed by atoms with van der Waals surface area (Å²) in [5, 5.41) is 0. The number of ether oxygens (including phenoxy) is 1. The van der Waals surface area contributed by atoms with Gasteiger partial charge in [0.25, 0.3) is 5.91 Å². The average Bonchev–Trinajstić information content (AvgIpc) is 2.15. The van der Waals surface area contributed by atoms with Crippen molar-refractivity contribution in [2.24, 2.45) is 12.8 Å². The van der Waals surface area contributed by atoms with Gasteiger partial charge in [-0.3, -0.25) is 9.59 Å². The van der Waals surface area contributed by atoms with Crippen molar-refractivity contribution in [2.45, 2.75) is 13.8 Å². The first-order valence-electron chi connectivity index (χ1n) is 4.45. The van der Waals surface area contributed by atoms with Crippen molar-refractivity contribution in [1.82, 2.24) is 4.57 Å². The van der Waals surface area contributed by atoms with Gasteiger partial charge in [-0.15, -0.1) is 0 Å². The number of hydrogen-bond donors (Lipinski definition) is 1. The molecule has 0 aliphatic rings. The summed E-state index contributed by atoms with van der Waals surface area (Å²) in [5.74, 6) is -0.566. The van der Waals surface area contributed by atoms with E-state index in [9.17, 15) is 9.59 Å². The van der Waals surface area contributed by atoms with Gasteiger partial charge in [-0.25, -0.2) is 0 Å². The molecule has 0 fully saturated rings. The molecule has 15 heavy (non-hydrogen) atoms. The number of primary amides is 1. The molecular weight excluding hydrogens is 196 g/mol. The molecule has 0 atom stereocenters. The first-order valence-corrected chi connectivity index (χ1v) is 4.45. The van der Waals surface area contributed by atoms with E-state index in [4.69, 9.17) is 10.5 Å². The summed E-state index contributed by atoms with van der Waals surface area (Å²) < 4.78 is 6.67. The lowest BCUT2D eigenvalue weighted by molar-refractivity contribution is 0.0997. The summed E-state index contributed by atoms with van der Waals surface area (Å²) in [5.41, 5.74) is 5.91. The highest BCUT2D eigenvalue weighted by Gasteiger charge is 2.19. The Balaban J connectivity index is 3.77. The van der Waals surface area contributed by atoms with Crippen molar-refractivity contribution < 1.29 is 9.53 Å². The lowest BCUT2D eigenvalue weighted by Crippen LogP contribution is -2.28. The quantitative estimate of drug-likeness (QED) is 0.752. The van der Waals surface area contributed by atoms with Crippen molar-refractivity contribution in [1.29, 1.82) is 0 Å². The van der Waals surface area contributed by atoms with Crippen LogP contribution in [-0.4, -0.2) is 17.6 Å². The molecule has 1 amide bonds. The van der Waals surface area contributed by atoms with Crippen LogP contribution in [0.25, 0.3) is 0 Å². The van der Waals surface area contributed by atoms with Crippen LogP contribution in [0.1, 0.15) is 21.7 Å². The van der Waals surface area contributed by atoms with Crippen LogP contribution in [0.15, 0.2) is 4.79 Å². The Morgan fingerprint density at radius 3 is 2.27 bits per heavy atom. The molecule has 0 bridgehead atoms. The van der Waals surface area contributed by atoms with E-state index in [0.29, 0.717) is 11.4 Å². The number of rotatable bonds is 2. The number of pyridine rings is 1. The Kier molecular flexibility index (Phi) is 2.83. The topological polar surface area (TPSA) is 74.3 Å². The van der Waals surface area contributed by atoms with Gasteiger partial charge >= 0.3 is 0 Å². The van der Waals surface area contributed by atoms with E-state index >= 15 is 0 Å². The van der Waals surface area contributed by atoms with Gasteiger partial charge in [-0.2, -0.15) is 0 Å². The third-order valence-electron chi connectivity index (χ3n) is 2.58. The molecule has 2 N–H and O–H groups in total. The minimum Gasteiger partial charge on any atom is -0.491 e. The summed E-state index contributed by atoms with van der Waals surface area (Å²) in [6.07, 6.45) is 0. The molecule has 1 heterocycles. The van der Waals surface area contributed by atoms with Gasteiger partial charge < -0.3 is 15.0 Å². The fraction of sp³-hybridized carbons (Fsp3) is 0.400. The summed E-state index contributed by atoms with van der Waals surface area (Å²) in [6.45, 7) is 3.42. The van der Waals surface area contributed by atoms with Gasteiger partial charge in [0, 0.05) is 12.7 Å². The largest absolute Gasteiger partial charge is 0.491 e. The minimum atomic E-state index is -0.730. The smallest absolute Gasteiger partial charge is 0.254 e. The number of amides is 1. The van der Waals surface area contributed by atoms with Gasteiger partial charge in [0.15, 0.2) is 5.75 Å². The zero-order valence-corrected chi connectivity index (χ0v) is 9.25. The van der Waals surface area contributed by atoms with E-state index in [0.717, 1.165) is 0 Å². The van der Waals surface area contributed by atoms with Crippen molar-refractivity contribution in [3.8, 4) is 5.75 Å². The molecule has 0 radical (unpaired) electrons. The SMILES string of the molecule is COc1c(C)n(C)c(C)c(C(N)=O)c1=O. The highest BCUT2D eigenvalue weighted by Crippen LogP contribution is 2.15. The number of methoxy groups -OCH3 is 1. The van der Waals surface area contributed by atoms with Crippen molar-refractivity contribution in [3.05, 3.63) is 27.2 Å². The monoisotopic (exact) mass is 210 g/mol. The van der Waals surface area contributed by atoms with Crippen molar-refractivity contribution in [3.63, 3.8) is 0 Å². The second-order valence-corrected chi connectivity index (χ2v) is 3.33. The van der Waals surface area contributed by atoms with Crippen molar-refractivity contribution >= 4 is 5.91 Å². The number of nitrogens with zero attached hydrogens (tertiary/aromatic N) is 1. The summed E-state index contributed by atoms with van der Waals surface area (Å²) in [6, 6.07) is 0. The lowest BCUT2D eigenvalue weighted by Gasteiger charge is -2.14. The van der Waals surface area contributed by atoms with Gasteiger partial charge in [0.1, 0.15) is 5.56 Å². The number of carbonyl (C=O) groups is 1. The molecule has 82 valence electrons. The third-order valence-corrected chi connectivity index (χ3v) is 2.58. The van der Waals surface area contributed by atoms with Crippen LogP contribution in [0.4, 0.5) is 0 Å². The van der Waals surface area contributed by atoms with Crippen LogP contribution in [-0.2, 0) is 7.05 Å². The normalized spacial score (nSPS) is 10.1. The van der Waals surface area contributed by atoms with Gasteiger partial charge in [0.2, 0.25) is 5.43 Å². The maximum absolute atomic E-state index is 11.8. The number of hydrogen-bond acceptors (Lipinski definition) is 3. The van der Waals surface area contributed by atoms with Crippen LogP contribution in [0.3, 0.4) is 0 Å². The lowest BCUT2D eigenvalue weighted by atomic mass is 10.1. The molecule has 1 rings (SSSR count). The molecule has 1 aromatic rings. The van der Waals surface area contributed by atoms with Crippen LogP contribution >= 0.6 is 0 Å². The van der Waals surface area contributed by atoms with Gasteiger partial charge in [-0.05, 0) is 13.8 Å². The molecule has 0 spiro atoms. The molecule has 0 aliphatic carbocycles. The minimum absolute atomic E-state index is 0.0139. The zero-order chi connectivity index (χ0) is 11.7. The van der Waals surface area contributed by atoms with Crippen LogP contribution in [0.2, 0.25) is 0 Å². The standard InChI is InChI=1S/C10H14N2O3/c1-5-7(10(11)14)8(13)9(15-4)6(2)12(5)3/h1-4H3,(H2,11,14). The van der Waals surface area contributed by atoms with Crippen LogP contribution < -0.4 is 15.9 Å². The van der Waals surface area contributed by atoms with Crippen LogP contribution in [0, 0.1) is 13.8 Å². The molecule has 0 aromatic carbocycles. The predicted molar refractivity (Wildman–Crippen MR) is 56.2 cm³/mol. The van der Waals surface area contributed by atoms with E-state index in [2.05, 4.69) is 0 Å². The molecule has 5 nitrogen and oxygen atoms in total. The summed E-state index contributed by atoms with van der Waals surface area (Å²) in [7, 11) is 3.14. The molecule has 5 heteroatoms. The average molecular weight is 210 g/mol. The highest BCUT2D eigenvalue weighted by atomic mass is 16.5. The molecule has 0 saturated carbocycles. The predicted octanol–water partition coefficient (Wildman–Crippen LogP) is 0.110. The van der Waals surface area contributed by atoms with Crippen LogP contribution in [0.5, 0.6) is 5.75 Å². The van der Waals surface area contributed by atoms with E-state index in [-0.39, 0.29) is 11.3 Å². The maximum atomic E-state index is 11.8. The second kappa shape index (κ2) is 3.76. The number of nitrogens with two attached hydrogens (primary N) is 1. The van der Waals surface area contributed by atoms with E-state index in [1.165, 1.54) is 7.11 Å². The Bertz CT molecular complexity index is 475. The Labute approximate surface area is 87.5 Å². The Morgan fingerprint density at radius 1 is 1.33 bits per heavy atom. The molecule has 0 aliphatic heterocycles. The molecule has 0 saturated heterocycles. The highest BCUT2D eigenvalue weighted by molar-refractivity contribution is 5.94. The molecule has 1 aromatic heterocycles. The Hall–Kier alpha value is -1.78. The number of aromatic nitrogens is 1. The summed E-state index contributed by atoms with van der Waals surface area (Å²) in [4.78, 5) is 22.9. The first-order chi connectivity index (χ1) is 6.91. The zero-order valence-electron chi connectivity index (χ0n) is 9.25. The second-order valence-electron chi connectivity index (χ2n) is 3.33. The Morgan fingerprint density at radius 2 is 1.87 bits per heavy atom. The van der Waals surface area contributed by atoms with E-state index < -0.39 is 11.3 Å². The fourth-order valence-electron chi connectivity index (χ4n) is 1.54. The van der Waals surface area contributed by atoms with E-state index in [1.807, 2.05) is 0 Å². The molecule has 0 unspecified atom stereocenters. The van der Waals surface area contributed by atoms with Crippen molar-refractivity contribution in [2.75, 3.05) is 7.11 Å². The first kappa shape index (κ1) is 11.3. The van der Waals surface area contributed by atoms with Gasteiger partial charge in [0.05, 0.1) is 12.8 Å².